The van der Waals surface area contributed by atoms with Crippen LogP contribution in [0.4, 0.5) is 15.5 Å². The van der Waals surface area contributed by atoms with Gasteiger partial charge in [-0.1, -0.05) is 11.3 Å². The van der Waals surface area contributed by atoms with E-state index in [2.05, 4.69) is 15.0 Å². The van der Waals surface area contributed by atoms with Crippen LogP contribution in [0.25, 0.3) is 10.2 Å². The number of nitrogen functional groups attached to an aromatic ring is 2. The molecule has 0 unspecified atom stereocenters. The number of hydrogen-bond acceptors (Lipinski definition) is 8. The van der Waals surface area contributed by atoms with Gasteiger partial charge in [-0.05, 0) is 6.07 Å². The van der Waals surface area contributed by atoms with Gasteiger partial charge in [0.15, 0.2) is 16.7 Å². The van der Waals surface area contributed by atoms with Gasteiger partial charge < -0.3 is 20.9 Å². The lowest BCUT2D eigenvalue weighted by molar-refractivity contribution is 0.285. The van der Waals surface area contributed by atoms with Crippen LogP contribution in [0.15, 0.2) is 18.3 Å². The highest BCUT2D eigenvalue weighted by Crippen LogP contribution is 2.38. The Morgan fingerprint density at radius 1 is 1.27 bits per heavy atom. The number of rotatable bonds is 4. The highest BCUT2D eigenvalue weighted by molar-refractivity contribution is 7.22. The Morgan fingerprint density at radius 2 is 2.09 bits per heavy atom. The molecule has 0 amide bonds. The molecule has 0 saturated carbocycles. The molecule has 114 valence electrons. The lowest BCUT2D eigenvalue weighted by Crippen LogP contribution is -2.03. The van der Waals surface area contributed by atoms with Crippen LogP contribution in [-0.2, 0) is 6.61 Å². The SMILES string of the molecule is COc1cc(OCc2ccnc(N)n2)c(F)c2sc(N)nc12. The summed E-state index contributed by atoms with van der Waals surface area (Å²) in [5.74, 6) is 0.0172. The summed E-state index contributed by atoms with van der Waals surface area (Å²) in [6.07, 6.45) is 1.51. The first kappa shape index (κ1) is 14.3. The van der Waals surface area contributed by atoms with Gasteiger partial charge in [0.05, 0.1) is 17.5 Å². The fourth-order valence-corrected chi connectivity index (χ4v) is 2.70. The molecule has 3 rings (SSSR count). The number of thiazole rings is 1. The van der Waals surface area contributed by atoms with Crippen molar-refractivity contribution in [1.82, 2.24) is 15.0 Å². The summed E-state index contributed by atoms with van der Waals surface area (Å²) < 4.78 is 25.4. The van der Waals surface area contributed by atoms with Crippen molar-refractivity contribution < 1.29 is 13.9 Å². The molecule has 3 aromatic rings. The standard InChI is InChI=1S/C13H12FN5O2S/c1-20-8-4-7(9(14)11-10(8)19-13(16)22-11)21-5-6-2-3-17-12(15)18-6/h2-4H,5H2,1H3,(H2,16,19)(H2,15,17,18). The maximum Gasteiger partial charge on any atom is 0.220 e. The van der Waals surface area contributed by atoms with Gasteiger partial charge in [0.2, 0.25) is 5.95 Å². The molecule has 0 aliphatic heterocycles. The van der Waals surface area contributed by atoms with Crippen LogP contribution in [0.1, 0.15) is 5.69 Å². The largest absolute Gasteiger partial charge is 0.494 e. The quantitative estimate of drug-likeness (QED) is 0.756. The van der Waals surface area contributed by atoms with Gasteiger partial charge >= 0.3 is 0 Å². The molecule has 22 heavy (non-hydrogen) atoms. The number of benzene rings is 1. The molecule has 0 radical (unpaired) electrons. The third-order valence-corrected chi connectivity index (χ3v) is 3.76. The number of methoxy groups -OCH3 is 1. The van der Waals surface area contributed by atoms with Crippen molar-refractivity contribution >= 4 is 32.6 Å². The van der Waals surface area contributed by atoms with E-state index < -0.39 is 5.82 Å². The van der Waals surface area contributed by atoms with Crippen LogP contribution in [0.2, 0.25) is 0 Å². The van der Waals surface area contributed by atoms with Crippen LogP contribution < -0.4 is 20.9 Å². The number of halogens is 1. The Labute approximate surface area is 128 Å². The maximum atomic E-state index is 14.5. The zero-order valence-corrected chi connectivity index (χ0v) is 12.4. The summed E-state index contributed by atoms with van der Waals surface area (Å²) in [4.78, 5) is 11.8. The fourth-order valence-electron chi connectivity index (χ4n) is 1.92. The molecule has 0 aliphatic rings. The van der Waals surface area contributed by atoms with E-state index in [1.165, 1.54) is 19.4 Å². The van der Waals surface area contributed by atoms with Crippen molar-refractivity contribution in [2.75, 3.05) is 18.6 Å². The van der Waals surface area contributed by atoms with Gasteiger partial charge in [0, 0.05) is 12.3 Å². The normalized spacial score (nSPS) is 10.8. The van der Waals surface area contributed by atoms with Gasteiger partial charge in [0.1, 0.15) is 17.9 Å². The first-order chi connectivity index (χ1) is 10.6. The number of nitrogens with zero attached hydrogens (tertiary/aromatic N) is 3. The second-order valence-corrected chi connectivity index (χ2v) is 5.35. The minimum absolute atomic E-state index is 0.0326. The zero-order chi connectivity index (χ0) is 15.7. The van der Waals surface area contributed by atoms with Crippen LogP contribution in [-0.4, -0.2) is 22.1 Å². The Hall–Kier alpha value is -2.68. The Balaban J connectivity index is 1.95. The van der Waals surface area contributed by atoms with E-state index in [1.54, 1.807) is 6.07 Å². The number of nitrogens with two attached hydrogens (primary N) is 2. The molecular formula is C13H12FN5O2S. The smallest absolute Gasteiger partial charge is 0.220 e. The monoisotopic (exact) mass is 321 g/mol. The highest BCUT2D eigenvalue weighted by Gasteiger charge is 2.18. The molecule has 7 nitrogen and oxygen atoms in total. The van der Waals surface area contributed by atoms with E-state index in [0.29, 0.717) is 17.0 Å². The van der Waals surface area contributed by atoms with Crippen LogP contribution in [0, 0.1) is 5.82 Å². The number of ether oxygens (including phenoxy) is 2. The molecule has 0 spiro atoms. The van der Waals surface area contributed by atoms with Crippen molar-refractivity contribution in [2.45, 2.75) is 6.61 Å². The second kappa shape index (κ2) is 5.60. The van der Waals surface area contributed by atoms with Gasteiger partial charge in [0.25, 0.3) is 0 Å². The van der Waals surface area contributed by atoms with E-state index in [-0.39, 0.29) is 28.1 Å². The average Bonchev–Trinajstić information content (AvgIpc) is 2.89. The average molecular weight is 321 g/mol. The number of anilines is 2. The molecule has 0 aliphatic carbocycles. The topological polar surface area (TPSA) is 109 Å². The molecule has 0 fully saturated rings. The molecule has 0 bridgehead atoms. The van der Waals surface area contributed by atoms with Crippen molar-refractivity contribution in [3.63, 3.8) is 0 Å². The zero-order valence-electron chi connectivity index (χ0n) is 11.5. The van der Waals surface area contributed by atoms with Crippen molar-refractivity contribution in [1.29, 1.82) is 0 Å². The maximum absolute atomic E-state index is 14.5. The van der Waals surface area contributed by atoms with E-state index in [0.717, 1.165) is 11.3 Å². The summed E-state index contributed by atoms with van der Waals surface area (Å²) in [5.41, 5.74) is 12.0. The molecule has 0 atom stereocenters. The summed E-state index contributed by atoms with van der Waals surface area (Å²) in [6.45, 7) is 0.0482. The predicted molar refractivity (Wildman–Crippen MR) is 81.3 cm³/mol. The van der Waals surface area contributed by atoms with E-state index in [9.17, 15) is 4.39 Å². The number of hydrogen-bond donors (Lipinski definition) is 2. The first-order valence-electron chi connectivity index (χ1n) is 6.21. The Kier molecular flexibility index (Phi) is 3.63. The van der Waals surface area contributed by atoms with E-state index >= 15 is 0 Å². The summed E-state index contributed by atoms with van der Waals surface area (Å²) in [6, 6.07) is 3.07. The predicted octanol–water partition coefficient (Wildman–Crippen LogP) is 1.98. The molecule has 2 aromatic heterocycles. The van der Waals surface area contributed by atoms with Gasteiger partial charge in [-0.15, -0.1) is 0 Å². The minimum Gasteiger partial charge on any atom is -0.494 e. The van der Waals surface area contributed by atoms with Crippen molar-refractivity contribution in [3.05, 3.63) is 29.8 Å². The Morgan fingerprint density at radius 3 is 2.82 bits per heavy atom. The first-order valence-corrected chi connectivity index (χ1v) is 7.03. The van der Waals surface area contributed by atoms with Crippen molar-refractivity contribution in [2.24, 2.45) is 0 Å². The van der Waals surface area contributed by atoms with E-state index in [4.69, 9.17) is 20.9 Å². The fraction of sp³-hybridized carbons (Fsp3) is 0.154. The van der Waals surface area contributed by atoms with Gasteiger partial charge in [-0.25, -0.2) is 19.3 Å². The van der Waals surface area contributed by atoms with Gasteiger partial charge in [-0.2, -0.15) is 0 Å². The molecular weight excluding hydrogens is 309 g/mol. The van der Waals surface area contributed by atoms with Crippen LogP contribution in [0.5, 0.6) is 11.5 Å². The lowest BCUT2D eigenvalue weighted by atomic mass is 10.3. The molecule has 0 saturated heterocycles. The molecule has 4 N–H and O–H groups in total. The second-order valence-electron chi connectivity index (χ2n) is 4.32. The van der Waals surface area contributed by atoms with Crippen LogP contribution in [0.3, 0.4) is 0 Å². The Bertz CT molecular complexity index is 839. The lowest BCUT2D eigenvalue weighted by Gasteiger charge is -2.09. The summed E-state index contributed by atoms with van der Waals surface area (Å²) in [7, 11) is 1.47. The summed E-state index contributed by atoms with van der Waals surface area (Å²) in [5, 5.41) is 0.257. The third kappa shape index (κ3) is 2.58. The van der Waals surface area contributed by atoms with Crippen LogP contribution >= 0.6 is 11.3 Å². The molecule has 1 aromatic carbocycles. The number of aromatic nitrogens is 3. The number of fused-ring (bicyclic) bond motifs is 1. The molecule has 2 heterocycles. The molecule has 9 heteroatoms. The highest BCUT2D eigenvalue weighted by atomic mass is 32.1. The van der Waals surface area contributed by atoms with E-state index in [1.807, 2.05) is 0 Å². The van der Waals surface area contributed by atoms with Gasteiger partial charge in [-0.3, -0.25) is 0 Å². The van der Waals surface area contributed by atoms with Crippen molar-refractivity contribution in [3.8, 4) is 11.5 Å². The third-order valence-electron chi connectivity index (χ3n) is 2.88. The minimum atomic E-state index is -0.535. The summed E-state index contributed by atoms with van der Waals surface area (Å²) >= 11 is 1.03.